The van der Waals surface area contributed by atoms with Crippen molar-refractivity contribution >= 4 is 0 Å². The highest BCUT2D eigenvalue weighted by atomic mass is 16.3. The number of aliphatic hydroxyl groups is 1. The number of aliphatic hydroxyl groups excluding tert-OH is 1. The molecule has 0 fully saturated rings. The Morgan fingerprint density at radius 2 is 2.20 bits per heavy atom. The van der Waals surface area contributed by atoms with Crippen LogP contribution >= 0.6 is 0 Å². The molecule has 1 aromatic carbocycles. The van der Waals surface area contributed by atoms with Gasteiger partial charge in [0.15, 0.2) is 0 Å². The van der Waals surface area contributed by atoms with E-state index in [1.807, 2.05) is 0 Å². The average Bonchev–Trinajstić information content (AvgIpc) is 2.68. The maximum absolute atomic E-state index is 8.68. The Kier molecular flexibility index (Phi) is 3.75. The predicted octanol–water partition coefficient (Wildman–Crippen LogP) is 1.69. The van der Waals surface area contributed by atoms with Crippen LogP contribution in [0.15, 0.2) is 24.3 Å². The third kappa shape index (κ3) is 2.58. The van der Waals surface area contributed by atoms with E-state index in [2.05, 4.69) is 29.6 Å². The van der Waals surface area contributed by atoms with Gasteiger partial charge >= 0.3 is 0 Å². The maximum Gasteiger partial charge on any atom is 0.0443 e. The fourth-order valence-corrected chi connectivity index (χ4v) is 2.34. The molecule has 1 aliphatic carbocycles. The van der Waals surface area contributed by atoms with Gasteiger partial charge < -0.3 is 10.4 Å². The molecule has 0 radical (unpaired) electrons. The van der Waals surface area contributed by atoms with Gasteiger partial charge in [-0.1, -0.05) is 24.3 Å². The highest BCUT2D eigenvalue weighted by molar-refractivity contribution is 5.34. The fraction of sp³-hybridized carbons (Fsp3) is 0.538. The van der Waals surface area contributed by atoms with Crippen LogP contribution in [0.25, 0.3) is 0 Å². The second kappa shape index (κ2) is 5.29. The molecular formula is C13H19NO. The Hall–Kier alpha value is -0.860. The number of nitrogens with one attached hydrogen (secondary N) is 1. The molecule has 1 aliphatic rings. The molecule has 1 aromatic rings. The van der Waals surface area contributed by atoms with Gasteiger partial charge in [0, 0.05) is 13.2 Å². The van der Waals surface area contributed by atoms with Crippen molar-refractivity contribution in [2.45, 2.75) is 25.2 Å². The summed E-state index contributed by atoms with van der Waals surface area (Å²) >= 11 is 0. The van der Waals surface area contributed by atoms with Gasteiger partial charge in [-0.2, -0.15) is 0 Å². The number of benzene rings is 1. The van der Waals surface area contributed by atoms with E-state index in [4.69, 9.17) is 5.11 Å². The summed E-state index contributed by atoms with van der Waals surface area (Å²) in [4.78, 5) is 0. The van der Waals surface area contributed by atoms with E-state index in [1.165, 1.54) is 24.0 Å². The molecule has 1 unspecified atom stereocenters. The van der Waals surface area contributed by atoms with Gasteiger partial charge in [0.1, 0.15) is 0 Å². The zero-order chi connectivity index (χ0) is 10.5. The summed E-state index contributed by atoms with van der Waals surface area (Å²) in [6.45, 7) is 2.26. The van der Waals surface area contributed by atoms with Crippen LogP contribution in [0.2, 0.25) is 0 Å². The summed E-state index contributed by atoms with van der Waals surface area (Å²) in [7, 11) is 0. The van der Waals surface area contributed by atoms with Crippen molar-refractivity contribution in [1.29, 1.82) is 0 Å². The highest BCUT2D eigenvalue weighted by Crippen LogP contribution is 2.31. The summed E-state index contributed by atoms with van der Waals surface area (Å²) in [6.07, 6.45) is 3.35. The molecule has 0 bridgehead atoms. The molecule has 2 nitrogen and oxygen atoms in total. The molecule has 0 heterocycles. The lowest BCUT2D eigenvalue weighted by atomic mass is 10.0. The third-order valence-corrected chi connectivity index (χ3v) is 3.16. The lowest BCUT2D eigenvalue weighted by Crippen LogP contribution is -2.22. The molecule has 0 saturated heterocycles. The normalized spacial score (nSPS) is 19.1. The summed E-state index contributed by atoms with van der Waals surface area (Å²) in [5.74, 6) is 0.680. The molecule has 15 heavy (non-hydrogen) atoms. The van der Waals surface area contributed by atoms with Crippen LogP contribution in [0.5, 0.6) is 0 Å². The van der Waals surface area contributed by atoms with E-state index in [1.54, 1.807) is 0 Å². The van der Waals surface area contributed by atoms with E-state index >= 15 is 0 Å². The average molecular weight is 205 g/mol. The van der Waals surface area contributed by atoms with Crippen molar-refractivity contribution in [3.8, 4) is 0 Å². The molecule has 2 rings (SSSR count). The monoisotopic (exact) mass is 205 g/mol. The van der Waals surface area contributed by atoms with Crippen LogP contribution in [0.4, 0.5) is 0 Å². The van der Waals surface area contributed by atoms with Crippen molar-refractivity contribution < 1.29 is 5.11 Å². The number of hydrogen-bond acceptors (Lipinski definition) is 2. The van der Waals surface area contributed by atoms with Gasteiger partial charge in [-0.25, -0.2) is 0 Å². The Balaban J connectivity index is 1.85. The molecule has 1 atom stereocenters. The zero-order valence-electron chi connectivity index (χ0n) is 9.08. The predicted molar refractivity (Wildman–Crippen MR) is 62.1 cm³/mol. The summed E-state index contributed by atoms with van der Waals surface area (Å²) < 4.78 is 0. The molecule has 2 heteroatoms. The highest BCUT2D eigenvalue weighted by Gasteiger charge is 2.20. The first-order valence-electron chi connectivity index (χ1n) is 5.81. The first kappa shape index (κ1) is 10.7. The van der Waals surface area contributed by atoms with Crippen LogP contribution in [-0.4, -0.2) is 24.8 Å². The molecule has 0 aromatic heterocycles. The number of fused-ring (bicyclic) bond motifs is 1. The lowest BCUT2D eigenvalue weighted by Gasteiger charge is -2.12. The molecule has 0 spiro atoms. The number of hydrogen-bond donors (Lipinski definition) is 2. The van der Waals surface area contributed by atoms with E-state index < -0.39 is 0 Å². The standard InChI is InChI=1S/C13H19NO/c15-9-3-8-14-10-12-7-6-11-4-1-2-5-13(11)12/h1-2,4-5,12,14-15H,3,6-10H2. The van der Waals surface area contributed by atoms with Crippen molar-refractivity contribution in [1.82, 2.24) is 5.32 Å². The van der Waals surface area contributed by atoms with Gasteiger partial charge in [-0.05, 0) is 42.9 Å². The van der Waals surface area contributed by atoms with E-state index in [-0.39, 0.29) is 6.61 Å². The summed E-state index contributed by atoms with van der Waals surface area (Å²) in [6, 6.07) is 8.75. The van der Waals surface area contributed by atoms with Crippen LogP contribution in [0.3, 0.4) is 0 Å². The smallest absolute Gasteiger partial charge is 0.0443 e. The minimum absolute atomic E-state index is 0.286. The van der Waals surface area contributed by atoms with Crippen molar-refractivity contribution in [3.05, 3.63) is 35.4 Å². The topological polar surface area (TPSA) is 32.3 Å². The quantitative estimate of drug-likeness (QED) is 0.717. The zero-order valence-corrected chi connectivity index (χ0v) is 9.08. The Bertz CT molecular complexity index is 311. The molecule has 0 amide bonds. The molecule has 2 N–H and O–H groups in total. The van der Waals surface area contributed by atoms with Crippen molar-refractivity contribution in [2.24, 2.45) is 0 Å². The van der Waals surface area contributed by atoms with Gasteiger partial charge in [-0.3, -0.25) is 0 Å². The summed E-state index contributed by atoms with van der Waals surface area (Å²) in [5, 5.41) is 12.1. The fourth-order valence-electron chi connectivity index (χ4n) is 2.34. The SMILES string of the molecule is OCCCNCC1CCc2ccccc21. The van der Waals surface area contributed by atoms with E-state index in [0.29, 0.717) is 5.92 Å². The molecule has 82 valence electrons. The minimum atomic E-state index is 0.286. The van der Waals surface area contributed by atoms with Gasteiger partial charge in [0.25, 0.3) is 0 Å². The van der Waals surface area contributed by atoms with Gasteiger partial charge in [0.05, 0.1) is 0 Å². The van der Waals surface area contributed by atoms with Gasteiger partial charge in [0.2, 0.25) is 0 Å². The number of aryl methyl sites for hydroxylation is 1. The van der Waals surface area contributed by atoms with E-state index in [9.17, 15) is 0 Å². The Morgan fingerprint density at radius 3 is 3.07 bits per heavy atom. The number of rotatable bonds is 5. The van der Waals surface area contributed by atoms with Crippen LogP contribution < -0.4 is 5.32 Å². The second-order valence-electron chi connectivity index (χ2n) is 4.22. The van der Waals surface area contributed by atoms with Crippen molar-refractivity contribution in [3.63, 3.8) is 0 Å². The second-order valence-corrected chi connectivity index (χ2v) is 4.22. The largest absolute Gasteiger partial charge is 0.396 e. The van der Waals surface area contributed by atoms with Crippen molar-refractivity contribution in [2.75, 3.05) is 19.7 Å². The Morgan fingerprint density at radius 1 is 1.33 bits per heavy atom. The van der Waals surface area contributed by atoms with Crippen LogP contribution in [0.1, 0.15) is 29.9 Å². The molecule has 0 aliphatic heterocycles. The maximum atomic E-state index is 8.68. The van der Waals surface area contributed by atoms with Crippen LogP contribution in [0, 0.1) is 0 Å². The molecular weight excluding hydrogens is 186 g/mol. The first-order valence-corrected chi connectivity index (χ1v) is 5.81. The van der Waals surface area contributed by atoms with E-state index in [0.717, 1.165) is 19.5 Å². The lowest BCUT2D eigenvalue weighted by molar-refractivity contribution is 0.285. The van der Waals surface area contributed by atoms with Gasteiger partial charge in [-0.15, -0.1) is 0 Å². The Labute approximate surface area is 91.3 Å². The third-order valence-electron chi connectivity index (χ3n) is 3.16. The molecule has 0 saturated carbocycles. The first-order chi connectivity index (χ1) is 7.42. The minimum Gasteiger partial charge on any atom is -0.396 e. The summed E-state index contributed by atoms with van der Waals surface area (Å²) in [5.41, 5.74) is 3.04. The van der Waals surface area contributed by atoms with Crippen LogP contribution in [-0.2, 0) is 6.42 Å².